The van der Waals surface area contributed by atoms with Crippen molar-refractivity contribution in [3.8, 4) is 0 Å². The van der Waals surface area contributed by atoms with E-state index < -0.39 is 30.2 Å². The first-order chi connectivity index (χ1) is 11.9. The Morgan fingerprint density at radius 2 is 1.96 bits per heavy atom. The number of thiophene rings is 1. The maximum Gasteiger partial charge on any atom is 0.254 e. The van der Waals surface area contributed by atoms with Gasteiger partial charge in [-0.05, 0) is 30.7 Å². The highest BCUT2D eigenvalue weighted by atomic mass is 32.1. The van der Waals surface area contributed by atoms with Crippen molar-refractivity contribution in [3.05, 3.63) is 16.0 Å². The van der Waals surface area contributed by atoms with Crippen molar-refractivity contribution in [1.29, 1.82) is 0 Å². The Labute approximate surface area is 148 Å². The van der Waals surface area contributed by atoms with Gasteiger partial charge in [-0.2, -0.15) is 5.06 Å². The van der Waals surface area contributed by atoms with Gasteiger partial charge < -0.3 is 11.1 Å². The molecule has 1 fully saturated rings. The number of hydrogen-bond donors (Lipinski definition) is 2. The molecule has 3 N–H and O–H groups in total. The third-order valence-corrected chi connectivity index (χ3v) is 5.51. The molecule has 134 valence electrons. The van der Waals surface area contributed by atoms with Gasteiger partial charge in [-0.15, -0.1) is 11.3 Å². The average molecular weight is 365 g/mol. The Balaban J connectivity index is 1.70. The van der Waals surface area contributed by atoms with E-state index in [0.717, 1.165) is 29.7 Å². The molecule has 1 saturated heterocycles. The van der Waals surface area contributed by atoms with Crippen LogP contribution in [0, 0.1) is 5.92 Å². The normalized spacial score (nSPS) is 19.9. The van der Waals surface area contributed by atoms with Gasteiger partial charge in [0.15, 0.2) is 6.61 Å². The highest BCUT2D eigenvalue weighted by molar-refractivity contribution is 7.17. The van der Waals surface area contributed by atoms with E-state index in [9.17, 15) is 19.2 Å². The molecule has 0 unspecified atom stereocenters. The summed E-state index contributed by atoms with van der Waals surface area (Å²) in [7, 11) is 0. The van der Waals surface area contributed by atoms with Crippen molar-refractivity contribution in [3.63, 3.8) is 0 Å². The monoisotopic (exact) mass is 365 g/mol. The number of hydrogen-bond acceptors (Lipinski definition) is 6. The molecule has 8 nitrogen and oxygen atoms in total. The molecule has 0 radical (unpaired) electrons. The lowest BCUT2D eigenvalue weighted by Crippen LogP contribution is -2.33. The molecule has 25 heavy (non-hydrogen) atoms. The number of imide groups is 1. The zero-order chi connectivity index (χ0) is 18.1. The van der Waals surface area contributed by atoms with Gasteiger partial charge >= 0.3 is 0 Å². The lowest BCUT2D eigenvalue weighted by Gasteiger charge is -2.18. The molecule has 0 bridgehead atoms. The molecule has 2 heterocycles. The number of carbonyl (C=O) groups excluding carboxylic acids is 4. The summed E-state index contributed by atoms with van der Waals surface area (Å²) in [5.41, 5.74) is 6.76. The molecule has 1 aliphatic carbocycles. The second kappa shape index (κ2) is 6.93. The van der Waals surface area contributed by atoms with Gasteiger partial charge in [-0.3, -0.25) is 24.0 Å². The van der Waals surface area contributed by atoms with Crippen molar-refractivity contribution >= 4 is 40.0 Å². The van der Waals surface area contributed by atoms with E-state index in [-0.39, 0.29) is 12.8 Å². The SMILES string of the molecule is C[C@@H]1CCc2c(sc(NC(=O)CON3C(=O)CCC3=O)c2C(N)=O)C1. The number of carbonyl (C=O) groups is 4. The smallest absolute Gasteiger partial charge is 0.254 e. The fraction of sp³-hybridized carbons (Fsp3) is 0.500. The van der Waals surface area contributed by atoms with Gasteiger partial charge in [0.2, 0.25) is 0 Å². The van der Waals surface area contributed by atoms with Crippen LogP contribution < -0.4 is 11.1 Å². The van der Waals surface area contributed by atoms with Crippen molar-refractivity contribution in [2.45, 2.75) is 39.0 Å². The molecule has 0 saturated carbocycles. The Hall–Kier alpha value is -2.26. The highest BCUT2D eigenvalue weighted by Gasteiger charge is 2.31. The van der Waals surface area contributed by atoms with Gasteiger partial charge in [0.1, 0.15) is 5.00 Å². The molecular formula is C16H19N3O5S. The molecule has 0 spiro atoms. The first-order valence-electron chi connectivity index (χ1n) is 8.09. The van der Waals surface area contributed by atoms with E-state index in [1.165, 1.54) is 11.3 Å². The minimum absolute atomic E-state index is 0.0854. The number of amides is 4. The van der Waals surface area contributed by atoms with Crippen molar-refractivity contribution < 1.29 is 24.0 Å². The minimum Gasteiger partial charge on any atom is -0.365 e. The second-order valence-corrected chi connectivity index (χ2v) is 7.43. The van der Waals surface area contributed by atoms with Crippen LogP contribution in [0.2, 0.25) is 0 Å². The molecule has 1 aliphatic heterocycles. The number of primary amides is 1. The van der Waals surface area contributed by atoms with Gasteiger partial charge in [0.25, 0.3) is 23.6 Å². The van der Waals surface area contributed by atoms with Crippen LogP contribution in [-0.4, -0.2) is 35.3 Å². The van der Waals surface area contributed by atoms with Crippen molar-refractivity contribution in [2.75, 3.05) is 11.9 Å². The molecule has 0 aromatic carbocycles. The summed E-state index contributed by atoms with van der Waals surface area (Å²) in [5.74, 6) is -1.53. The number of hydroxylamine groups is 2. The number of nitrogens with two attached hydrogens (primary N) is 1. The van der Waals surface area contributed by atoms with Crippen LogP contribution in [0.15, 0.2) is 0 Å². The van der Waals surface area contributed by atoms with Crippen LogP contribution in [0.4, 0.5) is 5.00 Å². The number of anilines is 1. The maximum atomic E-state index is 12.1. The number of nitrogens with one attached hydrogen (secondary N) is 1. The van der Waals surface area contributed by atoms with Crippen LogP contribution in [-0.2, 0) is 32.1 Å². The third kappa shape index (κ3) is 3.57. The molecular weight excluding hydrogens is 346 g/mol. The van der Waals surface area contributed by atoms with Gasteiger partial charge in [-0.25, -0.2) is 0 Å². The standard InChI is InChI=1S/C16H19N3O5S/c1-8-2-3-9-10(6-8)25-16(14(9)15(17)23)18-11(20)7-24-19-12(21)4-5-13(19)22/h8H,2-7H2,1H3,(H2,17,23)(H,18,20)/t8-/m1/s1. The first-order valence-corrected chi connectivity index (χ1v) is 8.91. The fourth-order valence-corrected chi connectivity index (χ4v) is 4.52. The van der Waals surface area contributed by atoms with Crippen LogP contribution in [0.5, 0.6) is 0 Å². The van der Waals surface area contributed by atoms with Gasteiger partial charge in [-0.1, -0.05) is 6.92 Å². The van der Waals surface area contributed by atoms with Crippen molar-refractivity contribution in [1.82, 2.24) is 5.06 Å². The average Bonchev–Trinajstić information content (AvgIpc) is 3.04. The Morgan fingerprint density at radius 1 is 1.28 bits per heavy atom. The zero-order valence-corrected chi connectivity index (χ0v) is 14.6. The number of fused-ring (bicyclic) bond motifs is 1. The summed E-state index contributed by atoms with van der Waals surface area (Å²) in [4.78, 5) is 52.9. The summed E-state index contributed by atoms with van der Waals surface area (Å²) in [6.45, 7) is 1.65. The Kier molecular flexibility index (Phi) is 4.87. The van der Waals surface area contributed by atoms with Gasteiger partial charge in [0, 0.05) is 17.7 Å². The lowest BCUT2D eigenvalue weighted by atomic mass is 9.88. The number of nitrogens with zero attached hydrogens (tertiary/aromatic N) is 1. The van der Waals surface area contributed by atoms with E-state index in [0.29, 0.717) is 21.5 Å². The second-order valence-electron chi connectivity index (χ2n) is 6.32. The van der Waals surface area contributed by atoms with E-state index in [1.54, 1.807) is 0 Å². The molecule has 9 heteroatoms. The molecule has 2 aliphatic rings. The molecule has 1 aromatic rings. The largest absolute Gasteiger partial charge is 0.365 e. The predicted octanol–water partition coefficient (Wildman–Crippen LogP) is 0.991. The summed E-state index contributed by atoms with van der Waals surface area (Å²) < 4.78 is 0. The van der Waals surface area contributed by atoms with Crippen molar-refractivity contribution in [2.24, 2.45) is 11.7 Å². The van der Waals surface area contributed by atoms with E-state index in [4.69, 9.17) is 10.6 Å². The summed E-state index contributed by atoms with van der Waals surface area (Å²) >= 11 is 1.35. The van der Waals surface area contributed by atoms with E-state index in [2.05, 4.69) is 12.2 Å². The number of rotatable bonds is 5. The molecule has 4 amide bonds. The van der Waals surface area contributed by atoms with Crippen LogP contribution in [0.25, 0.3) is 0 Å². The maximum absolute atomic E-state index is 12.1. The topological polar surface area (TPSA) is 119 Å². The minimum atomic E-state index is -0.576. The molecule has 1 aromatic heterocycles. The molecule has 1 atom stereocenters. The quantitative estimate of drug-likeness (QED) is 0.754. The summed E-state index contributed by atoms with van der Waals surface area (Å²) in [5, 5.41) is 3.64. The van der Waals surface area contributed by atoms with E-state index >= 15 is 0 Å². The molecule has 3 rings (SSSR count). The Morgan fingerprint density at radius 3 is 2.60 bits per heavy atom. The lowest BCUT2D eigenvalue weighted by molar-refractivity contribution is -0.187. The summed E-state index contributed by atoms with van der Waals surface area (Å²) in [6, 6.07) is 0. The van der Waals surface area contributed by atoms with E-state index in [1.807, 2.05) is 0 Å². The first kappa shape index (κ1) is 17.6. The predicted molar refractivity (Wildman–Crippen MR) is 89.7 cm³/mol. The van der Waals surface area contributed by atoms with Crippen LogP contribution in [0.1, 0.15) is 47.0 Å². The fourth-order valence-electron chi connectivity index (χ4n) is 3.09. The third-order valence-electron chi connectivity index (χ3n) is 4.34. The zero-order valence-electron chi connectivity index (χ0n) is 13.8. The highest BCUT2D eigenvalue weighted by Crippen LogP contribution is 2.39. The summed E-state index contributed by atoms with van der Waals surface area (Å²) in [6.07, 6.45) is 2.75. The Bertz CT molecular complexity index is 741. The van der Waals surface area contributed by atoms with Gasteiger partial charge in [0.05, 0.1) is 5.56 Å². The van der Waals surface area contributed by atoms with Crippen LogP contribution >= 0.6 is 11.3 Å². The van der Waals surface area contributed by atoms with Crippen LogP contribution in [0.3, 0.4) is 0 Å².